The maximum Gasteiger partial charge on any atom is 0.272 e. The summed E-state index contributed by atoms with van der Waals surface area (Å²) in [6, 6.07) is 1.96. The van der Waals surface area contributed by atoms with Gasteiger partial charge in [0.05, 0.1) is 18.3 Å². The topological polar surface area (TPSA) is 84.1 Å². The van der Waals surface area contributed by atoms with Crippen LogP contribution in [0, 0.1) is 0 Å². The molecule has 0 bridgehead atoms. The summed E-state index contributed by atoms with van der Waals surface area (Å²) >= 11 is 1.46. The second-order valence-electron chi connectivity index (χ2n) is 6.09. The van der Waals surface area contributed by atoms with Gasteiger partial charge in [0.1, 0.15) is 4.70 Å². The van der Waals surface area contributed by atoms with E-state index in [0.29, 0.717) is 12.3 Å². The van der Waals surface area contributed by atoms with Crippen LogP contribution in [0.1, 0.15) is 17.1 Å². The molecule has 122 valence electrons. The Balaban J connectivity index is 1.60. The highest BCUT2D eigenvalue weighted by Crippen LogP contribution is 2.22. The van der Waals surface area contributed by atoms with Crippen LogP contribution in [0.4, 0.5) is 0 Å². The number of fused-ring (bicyclic) bond motifs is 4. The molecule has 0 saturated carbocycles. The van der Waals surface area contributed by atoms with Crippen LogP contribution in [0.15, 0.2) is 22.4 Å². The minimum absolute atomic E-state index is 0.0209. The number of nitrogens with zero attached hydrogens (tertiary/aromatic N) is 6. The smallest absolute Gasteiger partial charge is 0.272 e. The van der Waals surface area contributed by atoms with E-state index in [9.17, 15) is 4.79 Å². The quantitative estimate of drug-likeness (QED) is 0.586. The lowest BCUT2D eigenvalue weighted by Gasteiger charge is -2.25. The van der Waals surface area contributed by atoms with Gasteiger partial charge in [-0.2, -0.15) is 5.10 Å². The van der Waals surface area contributed by atoms with Gasteiger partial charge in [0.15, 0.2) is 5.82 Å². The fourth-order valence-corrected chi connectivity index (χ4v) is 4.22. The zero-order valence-corrected chi connectivity index (χ0v) is 13.9. The molecule has 8 nitrogen and oxygen atoms in total. The molecule has 0 unspecified atom stereocenters. The van der Waals surface area contributed by atoms with Gasteiger partial charge in [0.2, 0.25) is 5.78 Å². The first-order valence-electron chi connectivity index (χ1n) is 7.76. The molecule has 0 atom stereocenters. The molecule has 0 aliphatic carbocycles. The number of H-pyrrole nitrogens is 1. The molecular formula is C15H15N7OS. The summed E-state index contributed by atoms with van der Waals surface area (Å²) in [6.07, 6.45) is 2.85. The Bertz CT molecular complexity index is 1120. The largest absolute Gasteiger partial charge is 0.291 e. The van der Waals surface area contributed by atoms with Crippen molar-refractivity contribution in [3.05, 3.63) is 45.1 Å². The molecule has 0 radical (unpaired) electrons. The zero-order valence-electron chi connectivity index (χ0n) is 13.1. The van der Waals surface area contributed by atoms with Crippen molar-refractivity contribution in [2.75, 3.05) is 6.54 Å². The van der Waals surface area contributed by atoms with Gasteiger partial charge in [0.25, 0.3) is 5.56 Å². The van der Waals surface area contributed by atoms with E-state index in [1.165, 1.54) is 22.6 Å². The Morgan fingerprint density at radius 1 is 1.38 bits per heavy atom. The molecule has 5 rings (SSSR count). The molecular weight excluding hydrogens is 326 g/mol. The molecule has 5 heterocycles. The average molecular weight is 341 g/mol. The maximum atomic E-state index is 12.4. The number of hydrogen-bond donors (Lipinski definition) is 1. The molecule has 0 fully saturated rings. The monoisotopic (exact) mass is 341 g/mol. The molecule has 4 aromatic heterocycles. The number of aryl methyl sites for hydroxylation is 1. The van der Waals surface area contributed by atoms with Crippen LogP contribution in [0.2, 0.25) is 0 Å². The van der Waals surface area contributed by atoms with Gasteiger partial charge >= 0.3 is 0 Å². The Hall–Kier alpha value is -2.52. The Morgan fingerprint density at radius 2 is 2.29 bits per heavy atom. The summed E-state index contributed by atoms with van der Waals surface area (Å²) in [5.74, 6) is 1.44. The number of hydrogen-bond acceptors (Lipinski definition) is 6. The van der Waals surface area contributed by atoms with Crippen LogP contribution in [0.3, 0.4) is 0 Å². The second-order valence-corrected chi connectivity index (χ2v) is 7.00. The SMILES string of the molecule is Cn1c(=O)c2sccc2n2c(CN3CCc4[nH]ncc4C3)nnc12. The van der Waals surface area contributed by atoms with E-state index < -0.39 is 0 Å². The summed E-state index contributed by atoms with van der Waals surface area (Å²) in [7, 11) is 1.74. The molecule has 24 heavy (non-hydrogen) atoms. The highest BCUT2D eigenvalue weighted by Gasteiger charge is 2.21. The van der Waals surface area contributed by atoms with E-state index in [1.54, 1.807) is 11.6 Å². The van der Waals surface area contributed by atoms with Crippen molar-refractivity contribution < 1.29 is 0 Å². The van der Waals surface area contributed by atoms with Gasteiger partial charge < -0.3 is 0 Å². The van der Waals surface area contributed by atoms with Crippen molar-refractivity contribution in [1.29, 1.82) is 0 Å². The predicted molar refractivity (Wildman–Crippen MR) is 90.0 cm³/mol. The Morgan fingerprint density at radius 3 is 3.21 bits per heavy atom. The van der Waals surface area contributed by atoms with Crippen molar-refractivity contribution in [3.8, 4) is 0 Å². The number of thiophene rings is 1. The van der Waals surface area contributed by atoms with Crippen LogP contribution in [0.25, 0.3) is 16.0 Å². The predicted octanol–water partition coefficient (Wildman–Crippen LogP) is 0.924. The van der Waals surface area contributed by atoms with Gasteiger partial charge in [-0.1, -0.05) is 0 Å². The lowest BCUT2D eigenvalue weighted by molar-refractivity contribution is 0.238. The molecule has 0 aromatic carbocycles. The number of aromatic nitrogens is 6. The Labute approximate surface area is 140 Å². The van der Waals surface area contributed by atoms with Gasteiger partial charge in [0, 0.05) is 37.8 Å². The number of rotatable bonds is 2. The van der Waals surface area contributed by atoms with Crippen molar-refractivity contribution in [2.24, 2.45) is 7.05 Å². The Kier molecular flexibility index (Phi) is 2.88. The standard InChI is InChI=1S/C15H15N7OS/c1-20-14(23)13-11(3-5-24-13)22-12(18-19-15(20)22)8-21-4-2-10-9(7-21)6-16-17-10/h3,5-6H,2,4,7-8H2,1H3,(H,16,17). The maximum absolute atomic E-state index is 12.4. The fourth-order valence-electron chi connectivity index (χ4n) is 3.37. The zero-order chi connectivity index (χ0) is 16.3. The van der Waals surface area contributed by atoms with E-state index in [2.05, 4.69) is 25.3 Å². The summed E-state index contributed by atoms with van der Waals surface area (Å²) in [6.45, 7) is 2.48. The summed E-state index contributed by atoms with van der Waals surface area (Å²) in [4.78, 5) is 14.7. The van der Waals surface area contributed by atoms with Crippen LogP contribution in [-0.2, 0) is 26.6 Å². The summed E-state index contributed by atoms with van der Waals surface area (Å²) in [5.41, 5.74) is 3.33. The van der Waals surface area contributed by atoms with Gasteiger partial charge in [-0.05, 0) is 11.4 Å². The first kappa shape index (κ1) is 13.9. The minimum Gasteiger partial charge on any atom is -0.291 e. The fraction of sp³-hybridized carbons (Fsp3) is 0.333. The molecule has 1 aliphatic rings. The molecule has 0 saturated heterocycles. The second kappa shape index (κ2) is 4.99. The molecule has 4 aromatic rings. The third-order valence-electron chi connectivity index (χ3n) is 4.64. The number of aromatic amines is 1. The van der Waals surface area contributed by atoms with Crippen molar-refractivity contribution in [1.82, 2.24) is 34.3 Å². The van der Waals surface area contributed by atoms with Gasteiger partial charge in [-0.3, -0.25) is 23.8 Å². The summed E-state index contributed by atoms with van der Waals surface area (Å²) in [5, 5.41) is 17.7. The van der Waals surface area contributed by atoms with E-state index in [0.717, 1.165) is 35.6 Å². The molecule has 0 amide bonds. The number of nitrogens with one attached hydrogen (secondary N) is 1. The average Bonchev–Trinajstić information content (AvgIpc) is 3.30. The van der Waals surface area contributed by atoms with Gasteiger partial charge in [-0.25, -0.2) is 0 Å². The lowest BCUT2D eigenvalue weighted by atomic mass is 10.1. The molecule has 0 spiro atoms. The van der Waals surface area contributed by atoms with E-state index in [1.807, 2.05) is 22.0 Å². The van der Waals surface area contributed by atoms with Crippen LogP contribution in [-0.4, -0.2) is 40.8 Å². The molecule has 1 aliphatic heterocycles. The van der Waals surface area contributed by atoms with Crippen LogP contribution < -0.4 is 5.56 Å². The van der Waals surface area contributed by atoms with Crippen LogP contribution >= 0.6 is 11.3 Å². The van der Waals surface area contributed by atoms with Gasteiger partial charge in [-0.15, -0.1) is 21.5 Å². The van der Waals surface area contributed by atoms with E-state index >= 15 is 0 Å². The minimum atomic E-state index is -0.0209. The van der Waals surface area contributed by atoms with Crippen molar-refractivity contribution in [3.63, 3.8) is 0 Å². The van der Waals surface area contributed by atoms with Crippen molar-refractivity contribution >= 4 is 27.3 Å². The summed E-state index contributed by atoms with van der Waals surface area (Å²) < 4.78 is 4.31. The normalized spacial score (nSPS) is 15.4. The van der Waals surface area contributed by atoms with E-state index in [4.69, 9.17) is 0 Å². The highest BCUT2D eigenvalue weighted by atomic mass is 32.1. The van der Waals surface area contributed by atoms with Crippen molar-refractivity contribution in [2.45, 2.75) is 19.5 Å². The van der Waals surface area contributed by atoms with E-state index in [-0.39, 0.29) is 5.56 Å². The van der Waals surface area contributed by atoms with Crippen LogP contribution in [0.5, 0.6) is 0 Å². The molecule has 1 N–H and O–H groups in total. The lowest BCUT2D eigenvalue weighted by Crippen LogP contribution is -2.30. The molecule has 9 heteroatoms. The first-order chi connectivity index (χ1) is 11.7. The third-order valence-corrected chi connectivity index (χ3v) is 5.53. The third kappa shape index (κ3) is 1.88. The highest BCUT2D eigenvalue weighted by molar-refractivity contribution is 7.17. The first-order valence-corrected chi connectivity index (χ1v) is 8.64.